The molecule has 2 aromatic heterocycles. The number of nitrogens with one attached hydrogen (secondary N) is 1. The fourth-order valence-electron chi connectivity index (χ4n) is 1.59. The summed E-state index contributed by atoms with van der Waals surface area (Å²) in [6.45, 7) is 1.92. The number of hydrogen-bond acceptors (Lipinski definition) is 5. The van der Waals surface area contributed by atoms with Crippen molar-refractivity contribution < 1.29 is 9.21 Å². The first kappa shape index (κ1) is 12.0. The number of nitrogens with zero attached hydrogens (tertiary/aromatic N) is 1. The minimum absolute atomic E-state index is 0.0724. The van der Waals surface area contributed by atoms with Gasteiger partial charge < -0.3 is 21.2 Å². The fraction of sp³-hybridized carbons (Fsp3) is 0.167. The van der Waals surface area contributed by atoms with E-state index in [4.69, 9.17) is 15.9 Å². The molecule has 1 atom stereocenters. The molecule has 94 valence electrons. The summed E-state index contributed by atoms with van der Waals surface area (Å²) in [5, 5.41) is 3.10. The molecule has 5 N–H and O–H groups in total. The average Bonchev–Trinajstić information content (AvgIpc) is 2.85. The van der Waals surface area contributed by atoms with Gasteiger partial charge in [0.1, 0.15) is 11.6 Å². The third-order valence-electron chi connectivity index (χ3n) is 2.53. The molecule has 1 amide bonds. The van der Waals surface area contributed by atoms with Gasteiger partial charge in [0, 0.05) is 0 Å². The van der Waals surface area contributed by atoms with Crippen LogP contribution in [-0.2, 0) is 0 Å². The molecule has 2 aromatic rings. The van der Waals surface area contributed by atoms with Gasteiger partial charge in [-0.05, 0) is 25.1 Å². The zero-order chi connectivity index (χ0) is 13.1. The number of rotatable bonds is 4. The molecular weight excluding hydrogens is 232 g/mol. The van der Waals surface area contributed by atoms with Crippen LogP contribution in [0, 0.1) is 0 Å². The molecule has 0 aliphatic heterocycles. The number of carbonyl (C=O) groups excluding carboxylic acids is 1. The summed E-state index contributed by atoms with van der Waals surface area (Å²) in [7, 11) is 0. The molecule has 0 bridgehead atoms. The molecule has 0 aliphatic rings. The molecule has 2 heterocycles. The van der Waals surface area contributed by atoms with Crippen LogP contribution in [-0.4, -0.2) is 10.9 Å². The van der Waals surface area contributed by atoms with Gasteiger partial charge in [-0.2, -0.15) is 0 Å². The van der Waals surface area contributed by atoms with Gasteiger partial charge in [-0.3, -0.25) is 4.79 Å². The van der Waals surface area contributed by atoms with Crippen molar-refractivity contribution in [3.8, 4) is 0 Å². The highest BCUT2D eigenvalue weighted by Crippen LogP contribution is 2.20. The Balaban J connectivity index is 2.20. The lowest BCUT2D eigenvalue weighted by Gasteiger charge is -2.13. The number of hydrogen-bond donors (Lipinski definition) is 3. The highest BCUT2D eigenvalue weighted by molar-refractivity contribution is 5.98. The number of pyridine rings is 1. The van der Waals surface area contributed by atoms with Gasteiger partial charge in [-0.1, -0.05) is 0 Å². The summed E-state index contributed by atoms with van der Waals surface area (Å²) in [5.41, 5.74) is 11.3. The van der Waals surface area contributed by atoms with Gasteiger partial charge in [0.15, 0.2) is 0 Å². The standard InChI is InChI=1S/C12H14N4O2/c1-7(10-3-2-4-18-10)16-11-5-8(12(14)17)9(13)6-15-11/h2-7H,13H2,1H3,(H2,14,17)(H,15,16). The van der Waals surface area contributed by atoms with E-state index in [1.165, 1.54) is 12.3 Å². The van der Waals surface area contributed by atoms with E-state index in [1.54, 1.807) is 12.3 Å². The number of primary amides is 1. The first-order valence-electron chi connectivity index (χ1n) is 5.43. The Kier molecular flexibility index (Phi) is 3.18. The molecule has 0 aromatic carbocycles. The van der Waals surface area contributed by atoms with Gasteiger partial charge >= 0.3 is 0 Å². The van der Waals surface area contributed by atoms with E-state index in [1.807, 2.05) is 13.0 Å². The van der Waals surface area contributed by atoms with Crippen molar-refractivity contribution in [2.24, 2.45) is 5.73 Å². The maximum absolute atomic E-state index is 11.2. The minimum Gasteiger partial charge on any atom is -0.467 e. The van der Waals surface area contributed by atoms with E-state index < -0.39 is 5.91 Å². The topological polar surface area (TPSA) is 107 Å². The lowest BCUT2D eigenvalue weighted by Crippen LogP contribution is -2.15. The summed E-state index contributed by atoms with van der Waals surface area (Å²) in [4.78, 5) is 15.2. The van der Waals surface area contributed by atoms with Crippen LogP contribution in [0.25, 0.3) is 0 Å². The van der Waals surface area contributed by atoms with Crippen LogP contribution in [0.3, 0.4) is 0 Å². The Morgan fingerprint density at radius 1 is 1.56 bits per heavy atom. The third-order valence-corrected chi connectivity index (χ3v) is 2.53. The average molecular weight is 246 g/mol. The number of aromatic nitrogens is 1. The summed E-state index contributed by atoms with van der Waals surface area (Å²) in [6, 6.07) is 5.11. The van der Waals surface area contributed by atoms with Crippen molar-refractivity contribution in [2.75, 3.05) is 11.1 Å². The zero-order valence-electron chi connectivity index (χ0n) is 9.88. The van der Waals surface area contributed by atoms with Crippen molar-refractivity contribution >= 4 is 17.4 Å². The minimum atomic E-state index is -0.580. The van der Waals surface area contributed by atoms with Gasteiger partial charge in [-0.15, -0.1) is 0 Å². The maximum atomic E-state index is 11.2. The monoisotopic (exact) mass is 246 g/mol. The molecule has 0 fully saturated rings. The number of carbonyl (C=O) groups is 1. The number of nitrogens with two attached hydrogens (primary N) is 2. The van der Waals surface area contributed by atoms with Crippen molar-refractivity contribution in [1.29, 1.82) is 0 Å². The Bertz CT molecular complexity index is 551. The SMILES string of the molecule is CC(Nc1cc(C(N)=O)c(N)cn1)c1ccco1. The first-order chi connectivity index (χ1) is 8.58. The predicted octanol–water partition coefficient (Wildman–Crippen LogP) is 1.53. The van der Waals surface area contributed by atoms with Crippen LogP contribution in [0.15, 0.2) is 35.1 Å². The van der Waals surface area contributed by atoms with Gasteiger partial charge in [0.25, 0.3) is 5.91 Å². The number of furan rings is 1. The molecule has 2 rings (SSSR count). The Morgan fingerprint density at radius 3 is 2.94 bits per heavy atom. The van der Waals surface area contributed by atoms with E-state index in [2.05, 4.69) is 10.3 Å². The van der Waals surface area contributed by atoms with Crippen LogP contribution in [0.2, 0.25) is 0 Å². The van der Waals surface area contributed by atoms with Crippen LogP contribution in [0.1, 0.15) is 29.1 Å². The number of anilines is 2. The van der Waals surface area contributed by atoms with Gasteiger partial charge in [-0.25, -0.2) is 4.98 Å². The molecule has 0 radical (unpaired) electrons. The van der Waals surface area contributed by atoms with Crippen molar-refractivity contribution in [3.05, 3.63) is 42.0 Å². The lowest BCUT2D eigenvalue weighted by atomic mass is 10.2. The van der Waals surface area contributed by atoms with Crippen LogP contribution in [0.5, 0.6) is 0 Å². The Hall–Kier alpha value is -2.50. The summed E-state index contributed by atoms with van der Waals surface area (Å²) >= 11 is 0. The number of nitrogen functional groups attached to an aromatic ring is 1. The third kappa shape index (κ3) is 2.42. The van der Waals surface area contributed by atoms with Crippen LogP contribution >= 0.6 is 0 Å². The summed E-state index contributed by atoms with van der Waals surface area (Å²) in [5.74, 6) is 0.708. The quantitative estimate of drug-likeness (QED) is 0.758. The molecule has 6 heteroatoms. The second-order valence-electron chi connectivity index (χ2n) is 3.90. The Morgan fingerprint density at radius 2 is 2.33 bits per heavy atom. The number of amides is 1. The highest BCUT2D eigenvalue weighted by atomic mass is 16.3. The zero-order valence-corrected chi connectivity index (χ0v) is 9.88. The fourth-order valence-corrected chi connectivity index (χ4v) is 1.59. The van der Waals surface area contributed by atoms with E-state index in [0.29, 0.717) is 5.82 Å². The molecule has 0 saturated carbocycles. The molecule has 1 unspecified atom stereocenters. The molecule has 0 saturated heterocycles. The predicted molar refractivity (Wildman–Crippen MR) is 67.9 cm³/mol. The highest BCUT2D eigenvalue weighted by Gasteiger charge is 2.11. The van der Waals surface area contributed by atoms with Gasteiger partial charge in [0.2, 0.25) is 0 Å². The second kappa shape index (κ2) is 4.79. The molecule has 0 spiro atoms. The maximum Gasteiger partial charge on any atom is 0.250 e. The van der Waals surface area contributed by atoms with E-state index in [0.717, 1.165) is 5.76 Å². The van der Waals surface area contributed by atoms with Crippen molar-refractivity contribution in [2.45, 2.75) is 13.0 Å². The molecule has 0 aliphatic carbocycles. The van der Waals surface area contributed by atoms with Crippen molar-refractivity contribution in [3.63, 3.8) is 0 Å². The molecular formula is C12H14N4O2. The molecule has 18 heavy (non-hydrogen) atoms. The normalized spacial score (nSPS) is 12.1. The largest absolute Gasteiger partial charge is 0.467 e. The van der Waals surface area contributed by atoms with E-state index >= 15 is 0 Å². The Labute approximate surface area is 104 Å². The van der Waals surface area contributed by atoms with E-state index in [9.17, 15) is 4.79 Å². The van der Waals surface area contributed by atoms with Crippen molar-refractivity contribution in [1.82, 2.24) is 4.98 Å². The van der Waals surface area contributed by atoms with Crippen LogP contribution < -0.4 is 16.8 Å². The summed E-state index contributed by atoms with van der Waals surface area (Å²) in [6.07, 6.45) is 3.00. The van der Waals surface area contributed by atoms with Crippen LogP contribution in [0.4, 0.5) is 11.5 Å². The smallest absolute Gasteiger partial charge is 0.250 e. The van der Waals surface area contributed by atoms with Gasteiger partial charge in [0.05, 0.1) is 29.8 Å². The molecule has 6 nitrogen and oxygen atoms in total. The second-order valence-corrected chi connectivity index (χ2v) is 3.90. The first-order valence-corrected chi connectivity index (χ1v) is 5.43. The summed E-state index contributed by atoms with van der Waals surface area (Å²) < 4.78 is 5.26. The lowest BCUT2D eigenvalue weighted by molar-refractivity contribution is 0.100. The van der Waals surface area contributed by atoms with E-state index in [-0.39, 0.29) is 17.3 Å².